The number of carbonyl (C=O) groups is 7. The number of Topliss-reactive ketones (excluding diaryl/α,β-unsaturated/α-hetero) is 2. The highest BCUT2D eigenvalue weighted by Crippen LogP contribution is 2.33. The molecule has 1 amide bonds. The number of esters is 3. The first kappa shape index (κ1) is 78.8. The van der Waals surface area contributed by atoms with E-state index in [4.69, 9.17) is 20.2 Å². The lowest BCUT2D eigenvalue weighted by Gasteiger charge is -2.08. The summed E-state index contributed by atoms with van der Waals surface area (Å²) < 4.78 is 25.9. The van der Waals surface area contributed by atoms with E-state index in [1.807, 2.05) is 128 Å². The molecule has 16 rings (SSSR count). The number of fused-ring (bicyclic) bond motifs is 6. The van der Waals surface area contributed by atoms with Crippen LogP contribution in [0.2, 0.25) is 0 Å². The quantitative estimate of drug-likeness (QED) is 0.0222. The molecule has 30 nitrogen and oxygen atoms in total. The van der Waals surface area contributed by atoms with Gasteiger partial charge in [-0.15, -0.1) is 0 Å². The van der Waals surface area contributed by atoms with Gasteiger partial charge in [0.05, 0.1) is 78.8 Å². The van der Waals surface area contributed by atoms with E-state index in [0.717, 1.165) is 116 Å². The Hall–Kier alpha value is -12.3. The van der Waals surface area contributed by atoms with Gasteiger partial charge in [0.2, 0.25) is 0 Å². The lowest BCUT2D eigenvalue weighted by Crippen LogP contribution is -2.16. The molecule has 1 atom stereocenters. The molecule has 0 radical (unpaired) electrons. The molecule has 110 heavy (non-hydrogen) atoms. The maximum Gasteiger partial charge on any atom is 0.359 e. The van der Waals surface area contributed by atoms with Gasteiger partial charge in [0, 0.05) is 129 Å². The lowest BCUT2D eigenvalue weighted by atomic mass is 9.98. The van der Waals surface area contributed by atoms with E-state index in [-0.39, 0.29) is 17.4 Å². The minimum absolute atomic E-state index is 0.0579. The van der Waals surface area contributed by atoms with E-state index in [0.29, 0.717) is 69.7 Å². The van der Waals surface area contributed by atoms with Gasteiger partial charge >= 0.3 is 23.9 Å². The van der Waals surface area contributed by atoms with Crippen LogP contribution in [-0.2, 0) is 53.2 Å². The Morgan fingerprint density at radius 3 is 1.39 bits per heavy atom. The zero-order chi connectivity index (χ0) is 78.8. The summed E-state index contributed by atoms with van der Waals surface area (Å²) in [5.41, 5.74) is 13.1. The number of halogens is 3. The number of ketones is 2. The van der Waals surface area contributed by atoms with Crippen molar-refractivity contribution in [2.45, 2.75) is 53.6 Å². The van der Waals surface area contributed by atoms with Crippen molar-refractivity contribution in [2.75, 3.05) is 39.7 Å². The zero-order valence-corrected chi connectivity index (χ0v) is 66.0. The van der Waals surface area contributed by atoms with E-state index >= 15 is 0 Å². The van der Waals surface area contributed by atoms with E-state index in [9.17, 15) is 33.6 Å². The van der Waals surface area contributed by atoms with Gasteiger partial charge in [0.1, 0.15) is 5.69 Å². The van der Waals surface area contributed by atoms with Crippen LogP contribution in [0.4, 0.5) is 5.69 Å². The Kier molecular flexibility index (Phi) is 24.9. The fourth-order valence-electron chi connectivity index (χ4n) is 12.3. The first-order chi connectivity index (χ1) is 52.7. The Labute approximate surface area is 653 Å². The topological polar surface area (TPSA) is 382 Å². The Balaban J connectivity index is 0.000000135. The summed E-state index contributed by atoms with van der Waals surface area (Å²) in [6.07, 6.45) is 14.8. The molecule has 1 fully saturated rings. The van der Waals surface area contributed by atoms with Gasteiger partial charge in [0.15, 0.2) is 34.8 Å². The number of benzene rings is 6. The second-order valence-corrected chi connectivity index (χ2v) is 29.2. The van der Waals surface area contributed by atoms with Gasteiger partial charge in [-0.3, -0.25) is 53.1 Å². The van der Waals surface area contributed by atoms with Crippen LogP contribution >= 0.6 is 47.8 Å². The Morgan fingerprint density at radius 1 is 0.536 bits per heavy atom. The Morgan fingerprint density at radius 2 is 0.945 bits per heavy atom. The number of hydrogen-bond donors (Lipinski definition) is 5. The van der Waals surface area contributed by atoms with Crippen molar-refractivity contribution in [3.8, 4) is 39.6 Å². The third kappa shape index (κ3) is 18.3. The smallest absolute Gasteiger partial charge is 0.359 e. The van der Waals surface area contributed by atoms with Crippen molar-refractivity contribution in [3.05, 3.63) is 194 Å². The summed E-state index contributed by atoms with van der Waals surface area (Å²) in [6.45, 7) is 11.4. The van der Waals surface area contributed by atoms with Crippen LogP contribution in [0.5, 0.6) is 0 Å². The average Bonchev–Trinajstić information content (AvgIpc) is 1.63. The SMILES string of the molecule is CC(C)Cn1nc(C(=O)C[C@@H]2CCN(C#N)C2)c2ccc(-c3cnn(C)c3)cc21.COC(=O)c1n[nH]c2cc(-c3cnn(C)c3)ccc12.COC(=O)c1n[nH]c2cc(Br)ccc12.COC(=O)c1nn(CC(C)C)c2cc(-c3cnn(C)c3)ccc12.O=C(O)c1n[nH]c2cc(Br)ccc12.O=C1Nc2cc(Br)ccc2C1=O. The van der Waals surface area contributed by atoms with Gasteiger partial charge in [-0.25, -0.2) is 19.2 Å². The highest BCUT2D eigenvalue weighted by molar-refractivity contribution is 9.11. The fraction of sp³-hybridized carbons (Fsp3) is 0.247. The number of nitriles is 1. The van der Waals surface area contributed by atoms with E-state index < -0.39 is 35.6 Å². The van der Waals surface area contributed by atoms with Gasteiger partial charge in [-0.2, -0.15) is 46.1 Å². The maximum absolute atomic E-state index is 13.1. The highest BCUT2D eigenvalue weighted by atomic mass is 79.9. The van der Waals surface area contributed by atoms with E-state index in [1.54, 1.807) is 61.5 Å². The summed E-state index contributed by atoms with van der Waals surface area (Å²) in [6, 6.07) is 33.7. The van der Waals surface area contributed by atoms with Crippen LogP contribution < -0.4 is 5.32 Å². The van der Waals surface area contributed by atoms with Gasteiger partial charge < -0.3 is 29.5 Å². The molecule has 0 spiro atoms. The summed E-state index contributed by atoms with van der Waals surface area (Å²) in [4.78, 5) is 82.2. The van der Waals surface area contributed by atoms with Gasteiger partial charge in [0.25, 0.3) is 11.7 Å². The lowest BCUT2D eigenvalue weighted by molar-refractivity contribution is -0.112. The molecule has 33 heteroatoms. The number of aromatic amines is 3. The number of nitrogens with one attached hydrogen (secondary N) is 4. The minimum atomic E-state index is -1.02. The first-order valence-electron chi connectivity index (χ1n) is 34.3. The summed E-state index contributed by atoms with van der Waals surface area (Å²) in [7, 11) is 9.71. The Bertz CT molecular complexity index is 5850. The average molecular weight is 1680 g/mol. The number of carbonyl (C=O) groups excluding carboxylic acids is 6. The zero-order valence-electron chi connectivity index (χ0n) is 61.2. The van der Waals surface area contributed by atoms with Crippen LogP contribution in [0.15, 0.2) is 160 Å². The minimum Gasteiger partial charge on any atom is -0.476 e. The number of amides is 1. The number of carboxylic acids is 1. The summed E-state index contributed by atoms with van der Waals surface area (Å²) in [5, 5.41) is 65.7. The van der Waals surface area contributed by atoms with Gasteiger partial charge in [-0.1, -0.05) is 93.7 Å². The number of aromatic nitrogens is 16. The third-order valence-corrected chi connectivity index (χ3v) is 19.0. The molecule has 564 valence electrons. The van der Waals surface area contributed by atoms with Crippen LogP contribution in [0.25, 0.3) is 87.9 Å². The molecular weight excluding hydrogens is 1610 g/mol. The van der Waals surface area contributed by atoms with Crippen molar-refractivity contribution in [1.29, 1.82) is 5.26 Å². The number of methoxy groups -OCH3 is 3. The molecule has 0 saturated carbocycles. The van der Waals surface area contributed by atoms with E-state index in [1.165, 1.54) is 21.3 Å². The number of anilines is 1. The summed E-state index contributed by atoms with van der Waals surface area (Å²) in [5.74, 6) is -2.19. The molecule has 2 aliphatic heterocycles. The van der Waals surface area contributed by atoms with E-state index in [2.05, 4.69) is 154 Å². The number of aromatic carboxylic acids is 1. The largest absolute Gasteiger partial charge is 0.476 e. The van der Waals surface area contributed by atoms with Crippen molar-refractivity contribution in [3.63, 3.8) is 0 Å². The molecule has 6 aromatic carbocycles. The number of nitrogens with zero attached hydrogens (tertiary/aromatic N) is 15. The van der Waals surface area contributed by atoms with Crippen molar-refractivity contribution in [2.24, 2.45) is 38.9 Å². The molecule has 0 bridgehead atoms. The summed E-state index contributed by atoms with van der Waals surface area (Å²) >= 11 is 9.86. The van der Waals surface area contributed by atoms with Crippen molar-refractivity contribution >= 4 is 149 Å². The van der Waals surface area contributed by atoms with Crippen LogP contribution in [0, 0.1) is 29.2 Å². The second kappa shape index (κ2) is 34.7. The predicted molar refractivity (Wildman–Crippen MR) is 422 cm³/mol. The molecule has 0 unspecified atom stereocenters. The number of likely N-dealkylation sites (tertiary alicyclic amines) is 1. The maximum atomic E-state index is 13.1. The first-order valence-corrected chi connectivity index (χ1v) is 36.6. The number of aryl methyl sites for hydroxylation is 3. The van der Waals surface area contributed by atoms with Crippen LogP contribution in [-0.4, -0.2) is 165 Å². The molecular formula is C77H74Br3N19O11. The van der Waals surface area contributed by atoms with Crippen LogP contribution in [0.1, 0.15) is 103 Å². The second-order valence-electron chi connectivity index (χ2n) is 26.5. The molecule has 1 saturated heterocycles. The van der Waals surface area contributed by atoms with Crippen LogP contribution in [0.3, 0.4) is 0 Å². The number of hydrogen-bond acceptors (Lipinski definition) is 20. The molecule has 14 aromatic rings. The highest BCUT2D eigenvalue weighted by Gasteiger charge is 2.29. The van der Waals surface area contributed by atoms with Gasteiger partial charge in [-0.05, 0) is 132 Å². The predicted octanol–water partition coefficient (Wildman–Crippen LogP) is 13.8. The third-order valence-electron chi connectivity index (χ3n) is 17.5. The molecule has 10 heterocycles. The van der Waals surface area contributed by atoms with Crippen molar-refractivity contribution in [1.82, 2.24) is 84.4 Å². The number of H-pyrrole nitrogens is 3. The molecule has 5 N–H and O–H groups in total. The number of carboxylic acid groups (broad SMARTS) is 1. The normalized spacial score (nSPS) is 12.8. The standard InChI is InChI=1S/C22H26N6O.C17H20N4O2.C13H12N4O2.C9H7BrN2O2.C8H5BrN2O2.C8H4BrNO2/c1-15(2)11-28-20-9-17(18-10-24-26(3)13-18)4-5-19(20)22(25-28)21(29)8-16-6-7-27(12-16)14-23;1-11(2)9-21-15-7-12(13-8-18-20(3)10-13)5-6-14(15)16(19-21)17(22)23-4;1-17-7-9(6-14-17)8-3-4-10-11(5-8)15-16-12(10)13(18)19-2;1-14-9(13)8-6-3-2-5(10)4-7(6)11-12-8;9-4-1-2-5-6(3-4)10-11-7(5)8(12)13;9-4-1-2-5-6(3-4)10-8(12)7(5)11/h4-5,9-10,13,15-16H,6-8,11-12H2,1-3H3;5-8,10-11H,9H2,1-4H3;3-7H,1-2H3,(H,15,16);2-4H,1H3,(H,11,12);1-3H,(H,10,11)(H,12,13);1-3H,(H,10,11,12)/t16-;;;;;/m0...../s1. The van der Waals surface area contributed by atoms with Crippen molar-refractivity contribution < 1.29 is 52.9 Å². The number of rotatable bonds is 14. The number of ether oxygens (including phenoxy) is 3. The molecule has 2 aliphatic rings. The molecule has 8 aromatic heterocycles. The fourth-order valence-corrected chi connectivity index (χ4v) is 13.3. The molecule has 0 aliphatic carbocycles. The monoisotopic (exact) mass is 1680 g/mol.